The summed E-state index contributed by atoms with van der Waals surface area (Å²) in [6.07, 6.45) is 2.28. The van der Waals surface area contributed by atoms with Crippen LogP contribution < -0.4 is 16.4 Å². The van der Waals surface area contributed by atoms with Crippen LogP contribution >= 0.6 is 0 Å². The summed E-state index contributed by atoms with van der Waals surface area (Å²) in [6, 6.07) is 20.7. The van der Waals surface area contributed by atoms with Gasteiger partial charge in [-0.1, -0.05) is 60.2 Å². The minimum absolute atomic E-state index is 0.0271. The Morgan fingerprint density at radius 3 is 2.47 bits per heavy atom. The number of fused-ring (bicyclic) bond motifs is 1. The number of aryl methyl sites for hydroxylation is 3. The monoisotopic (exact) mass is 427 g/mol. The molecule has 4 rings (SSSR count). The van der Waals surface area contributed by atoms with Crippen molar-refractivity contribution in [2.45, 2.75) is 52.1 Å². The molecule has 4 heteroatoms. The highest BCUT2D eigenvalue weighted by molar-refractivity contribution is 5.82. The summed E-state index contributed by atoms with van der Waals surface area (Å²) in [5.41, 5.74) is 15.9. The molecule has 0 radical (unpaired) electrons. The Kier molecular flexibility index (Phi) is 6.61. The summed E-state index contributed by atoms with van der Waals surface area (Å²) in [4.78, 5) is 13.0. The molecule has 1 amide bonds. The van der Waals surface area contributed by atoms with Gasteiger partial charge in [-0.25, -0.2) is 0 Å². The molecule has 1 aliphatic heterocycles. The van der Waals surface area contributed by atoms with Crippen LogP contribution in [0.25, 0.3) is 0 Å². The first kappa shape index (κ1) is 22.1. The Labute approximate surface area is 191 Å². The van der Waals surface area contributed by atoms with Gasteiger partial charge in [-0.3, -0.25) is 4.79 Å². The van der Waals surface area contributed by atoms with Gasteiger partial charge in [0.2, 0.25) is 5.91 Å². The van der Waals surface area contributed by atoms with Gasteiger partial charge in [0.1, 0.15) is 0 Å². The van der Waals surface area contributed by atoms with E-state index in [-0.39, 0.29) is 11.9 Å². The zero-order chi connectivity index (χ0) is 22.7. The first-order chi connectivity index (χ1) is 15.4. The molecule has 0 aliphatic carbocycles. The number of rotatable bonds is 6. The summed E-state index contributed by atoms with van der Waals surface area (Å²) in [6.45, 7) is 7.12. The van der Waals surface area contributed by atoms with E-state index in [2.05, 4.69) is 86.0 Å². The zero-order valence-corrected chi connectivity index (χ0v) is 19.2. The molecule has 4 nitrogen and oxygen atoms in total. The number of carbonyl (C=O) groups is 1. The molecule has 0 saturated carbocycles. The molecule has 4 N–H and O–H groups in total. The number of anilines is 1. The summed E-state index contributed by atoms with van der Waals surface area (Å²) < 4.78 is 0. The predicted octanol–water partition coefficient (Wildman–Crippen LogP) is 4.75. The van der Waals surface area contributed by atoms with Crippen LogP contribution in [0.1, 0.15) is 51.4 Å². The Hall–Kier alpha value is -3.11. The third-order valence-electron chi connectivity index (χ3n) is 6.41. The third kappa shape index (κ3) is 5.03. The van der Waals surface area contributed by atoms with Gasteiger partial charge in [-0.2, -0.15) is 0 Å². The number of benzene rings is 3. The normalized spacial score (nSPS) is 16.1. The van der Waals surface area contributed by atoms with Gasteiger partial charge in [0.05, 0.1) is 12.1 Å². The number of nitrogens with two attached hydrogens (primary N) is 1. The maximum Gasteiger partial charge on any atom is 0.237 e. The second kappa shape index (κ2) is 9.58. The van der Waals surface area contributed by atoms with Gasteiger partial charge in [-0.05, 0) is 79.5 Å². The molecule has 32 heavy (non-hydrogen) atoms. The van der Waals surface area contributed by atoms with Crippen molar-refractivity contribution in [3.05, 3.63) is 99.6 Å². The minimum Gasteiger partial charge on any atom is -0.385 e. The van der Waals surface area contributed by atoms with Crippen molar-refractivity contribution < 1.29 is 4.79 Å². The van der Waals surface area contributed by atoms with Crippen LogP contribution in [0.15, 0.2) is 60.7 Å². The lowest BCUT2D eigenvalue weighted by Gasteiger charge is -2.29. The molecule has 1 heterocycles. The smallest absolute Gasteiger partial charge is 0.237 e. The van der Waals surface area contributed by atoms with Gasteiger partial charge in [0, 0.05) is 12.2 Å². The summed E-state index contributed by atoms with van der Waals surface area (Å²) in [7, 11) is 0. The highest BCUT2D eigenvalue weighted by Gasteiger charge is 2.25. The molecule has 0 saturated heterocycles. The molecule has 0 spiro atoms. The number of carbonyl (C=O) groups excluding carboxylic acids is 1. The lowest BCUT2D eigenvalue weighted by molar-refractivity contribution is -0.123. The SMILES string of the molecule is Cc1cc(C)c(C[C@H](N)C(=O)N[C@H]2CCNc3ccc(Cc4ccccc4)cc32)c(C)c1. The van der Waals surface area contributed by atoms with Gasteiger partial charge in [-0.15, -0.1) is 0 Å². The molecule has 0 unspecified atom stereocenters. The molecule has 0 fully saturated rings. The van der Waals surface area contributed by atoms with Crippen molar-refractivity contribution >= 4 is 11.6 Å². The van der Waals surface area contributed by atoms with E-state index < -0.39 is 6.04 Å². The van der Waals surface area contributed by atoms with E-state index in [1.165, 1.54) is 33.4 Å². The lowest BCUT2D eigenvalue weighted by Crippen LogP contribution is -2.44. The van der Waals surface area contributed by atoms with E-state index in [1.54, 1.807) is 0 Å². The highest BCUT2D eigenvalue weighted by Crippen LogP contribution is 2.31. The number of hydrogen-bond acceptors (Lipinski definition) is 3. The average molecular weight is 428 g/mol. The molecule has 0 bridgehead atoms. The van der Waals surface area contributed by atoms with E-state index in [9.17, 15) is 4.79 Å². The quantitative estimate of drug-likeness (QED) is 0.532. The molecule has 3 aromatic carbocycles. The zero-order valence-electron chi connectivity index (χ0n) is 19.2. The average Bonchev–Trinajstić information content (AvgIpc) is 2.77. The van der Waals surface area contributed by atoms with Gasteiger partial charge >= 0.3 is 0 Å². The second-order valence-corrected chi connectivity index (χ2v) is 9.05. The fourth-order valence-electron chi connectivity index (χ4n) is 4.78. The standard InChI is InChI=1S/C28H33N3O/c1-18-13-19(2)23(20(3)14-18)17-25(29)28(32)31-27-11-12-30-26-10-9-22(16-24(26)27)15-21-7-5-4-6-8-21/h4-10,13-14,16,25,27,30H,11-12,15,17,29H2,1-3H3,(H,31,32)/t25-,27-/m0/s1. The number of amides is 1. The molecule has 3 aromatic rings. The maximum absolute atomic E-state index is 13.0. The Morgan fingerprint density at radius 1 is 1.03 bits per heavy atom. The van der Waals surface area contributed by atoms with E-state index in [1.807, 2.05) is 6.07 Å². The highest BCUT2D eigenvalue weighted by atomic mass is 16.2. The Bertz CT molecular complexity index is 1080. The van der Waals surface area contributed by atoms with Crippen LogP contribution in [0.5, 0.6) is 0 Å². The van der Waals surface area contributed by atoms with E-state index in [0.717, 1.165) is 30.6 Å². The largest absolute Gasteiger partial charge is 0.385 e. The minimum atomic E-state index is -0.569. The summed E-state index contributed by atoms with van der Waals surface area (Å²) in [5, 5.41) is 6.70. The fraction of sp³-hybridized carbons (Fsp3) is 0.321. The van der Waals surface area contributed by atoms with Crippen molar-refractivity contribution in [2.24, 2.45) is 5.73 Å². The molecular weight excluding hydrogens is 394 g/mol. The third-order valence-corrected chi connectivity index (χ3v) is 6.41. The second-order valence-electron chi connectivity index (χ2n) is 9.05. The van der Waals surface area contributed by atoms with E-state index >= 15 is 0 Å². The predicted molar refractivity (Wildman–Crippen MR) is 132 cm³/mol. The fourth-order valence-corrected chi connectivity index (χ4v) is 4.78. The van der Waals surface area contributed by atoms with Crippen molar-refractivity contribution in [3.8, 4) is 0 Å². The molecule has 1 aliphatic rings. The maximum atomic E-state index is 13.0. The van der Waals surface area contributed by atoms with Crippen molar-refractivity contribution in [3.63, 3.8) is 0 Å². The summed E-state index contributed by atoms with van der Waals surface area (Å²) >= 11 is 0. The van der Waals surface area contributed by atoms with Crippen molar-refractivity contribution in [1.82, 2.24) is 5.32 Å². The van der Waals surface area contributed by atoms with Crippen LogP contribution in [0.2, 0.25) is 0 Å². The van der Waals surface area contributed by atoms with Crippen molar-refractivity contribution in [2.75, 3.05) is 11.9 Å². The Morgan fingerprint density at radius 2 is 1.75 bits per heavy atom. The molecule has 0 aromatic heterocycles. The summed E-state index contributed by atoms with van der Waals surface area (Å²) in [5.74, 6) is -0.0873. The van der Waals surface area contributed by atoms with Crippen LogP contribution in [0.4, 0.5) is 5.69 Å². The van der Waals surface area contributed by atoms with Gasteiger partial charge < -0.3 is 16.4 Å². The number of hydrogen-bond donors (Lipinski definition) is 3. The van der Waals surface area contributed by atoms with Crippen LogP contribution in [-0.2, 0) is 17.6 Å². The van der Waals surface area contributed by atoms with Gasteiger partial charge in [0.15, 0.2) is 0 Å². The van der Waals surface area contributed by atoms with Crippen molar-refractivity contribution in [1.29, 1.82) is 0 Å². The first-order valence-corrected chi connectivity index (χ1v) is 11.4. The first-order valence-electron chi connectivity index (χ1n) is 11.4. The topological polar surface area (TPSA) is 67.2 Å². The van der Waals surface area contributed by atoms with Gasteiger partial charge in [0.25, 0.3) is 0 Å². The Balaban J connectivity index is 1.48. The number of nitrogens with one attached hydrogen (secondary N) is 2. The van der Waals surface area contributed by atoms with Crippen LogP contribution in [0, 0.1) is 20.8 Å². The lowest BCUT2D eigenvalue weighted by atomic mass is 9.92. The molecule has 2 atom stereocenters. The van der Waals surface area contributed by atoms with E-state index in [4.69, 9.17) is 5.73 Å². The van der Waals surface area contributed by atoms with Crippen LogP contribution in [-0.4, -0.2) is 18.5 Å². The van der Waals surface area contributed by atoms with E-state index in [0.29, 0.717) is 6.42 Å². The molecular formula is C28H33N3O. The van der Waals surface area contributed by atoms with Crippen LogP contribution in [0.3, 0.4) is 0 Å². The molecule has 166 valence electrons.